The Bertz CT molecular complexity index is 1010. The Labute approximate surface area is 173 Å². The molecule has 6 nitrogen and oxygen atoms in total. The minimum absolute atomic E-state index is 0.0203. The number of thiazole rings is 1. The first-order valence-corrected chi connectivity index (χ1v) is 10.4. The maximum atomic E-state index is 12.6. The summed E-state index contributed by atoms with van der Waals surface area (Å²) in [5.74, 6) is -0.0203. The van der Waals surface area contributed by atoms with Gasteiger partial charge in [0.15, 0.2) is 10.9 Å². The third-order valence-corrected chi connectivity index (χ3v) is 5.82. The van der Waals surface area contributed by atoms with Crippen LogP contribution in [0.25, 0.3) is 11.3 Å². The van der Waals surface area contributed by atoms with Gasteiger partial charge in [0.05, 0.1) is 5.69 Å². The van der Waals surface area contributed by atoms with E-state index in [1.54, 1.807) is 40.5 Å². The highest BCUT2D eigenvalue weighted by atomic mass is 32.1. The van der Waals surface area contributed by atoms with Crippen molar-refractivity contribution in [2.24, 2.45) is 0 Å². The van der Waals surface area contributed by atoms with Crippen LogP contribution in [0.5, 0.6) is 0 Å². The number of benzene rings is 2. The molecule has 7 heteroatoms. The summed E-state index contributed by atoms with van der Waals surface area (Å²) in [4.78, 5) is 32.9. The monoisotopic (exact) mass is 406 g/mol. The van der Waals surface area contributed by atoms with Crippen LogP contribution in [0, 0.1) is 0 Å². The molecule has 148 valence electrons. The number of nitrogens with zero attached hydrogens (tertiary/aromatic N) is 3. The molecule has 0 bridgehead atoms. The van der Waals surface area contributed by atoms with Crippen LogP contribution in [0.15, 0.2) is 60.0 Å². The molecule has 1 N–H and O–H groups in total. The van der Waals surface area contributed by atoms with Crippen LogP contribution in [-0.4, -0.2) is 47.9 Å². The Morgan fingerprint density at radius 3 is 2.48 bits per heavy atom. The number of rotatable bonds is 4. The highest BCUT2D eigenvalue weighted by Crippen LogP contribution is 2.28. The number of carbonyl (C=O) groups excluding carboxylic acids is 2. The van der Waals surface area contributed by atoms with Gasteiger partial charge in [0.25, 0.3) is 0 Å². The minimum atomic E-state index is -0.144. The van der Waals surface area contributed by atoms with E-state index >= 15 is 0 Å². The Balaban J connectivity index is 1.35. The maximum absolute atomic E-state index is 12.6. The van der Waals surface area contributed by atoms with E-state index in [1.807, 2.05) is 18.2 Å². The van der Waals surface area contributed by atoms with Crippen molar-refractivity contribution in [2.45, 2.75) is 6.92 Å². The molecule has 1 aliphatic heterocycles. The zero-order valence-corrected chi connectivity index (χ0v) is 17.0. The lowest BCUT2D eigenvalue weighted by molar-refractivity contribution is 0.101. The molecule has 1 saturated heterocycles. The lowest BCUT2D eigenvalue weighted by atomic mass is 10.1. The number of amides is 2. The lowest BCUT2D eigenvalue weighted by Gasteiger charge is -2.34. The van der Waals surface area contributed by atoms with E-state index in [0.717, 1.165) is 29.5 Å². The topological polar surface area (TPSA) is 65.5 Å². The molecule has 0 saturated carbocycles. The molecule has 0 atom stereocenters. The van der Waals surface area contributed by atoms with Crippen molar-refractivity contribution >= 4 is 34.0 Å². The van der Waals surface area contributed by atoms with Gasteiger partial charge in [-0.15, -0.1) is 11.3 Å². The number of Topliss-reactive ketones (excluding diaryl/α,β-unsaturated/α-hetero) is 1. The van der Waals surface area contributed by atoms with Crippen LogP contribution in [0.3, 0.4) is 0 Å². The summed E-state index contributed by atoms with van der Waals surface area (Å²) in [5, 5.41) is 5.95. The molecule has 1 aromatic heterocycles. The Kier molecular flexibility index (Phi) is 5.57. The molecule has 0 spiro atoms. The number of carbonyl (C=O) groups is 2. The Morgan fingerprint density at radius 2 is 1.76 bits per heavy atom. The summed E-state index contributed by atoms with van der Waals surface area (Å²) in [6.07, 6.45) is 0. The summed E-state index contributed by atoms with van der Waals surface area (Å²) >= 11 is 1.63. The van der Waals surface area contributed by atoms with E-state index < -0.39 is 0 Å². The molecular formula is C22H22N4O2S. The second-order valence-corrected chi connectivity index (χ2v) is 7.76. The summed E-state index contributed by atoms with van der Waals surface area (Å²) in [7, 11) is 0. The van der Waals surface area contributed by atoms with Crippen LogP contribution < -0.4 is 10.2 Å². The van der Waals surface area contributed by atoms with Crippen molar-refractivity contribution in [1.82, 2.24) is 9.88 Å². The highest BCUT2D eigenvalue weighted by molar-refractivity contribution is 7.14. The van der Waals surface area contributed by atoms with E-state index in [0.29, 0.717) is 24.3 Å². The molecule has 2 amide bonds. The molecule has 2 heterocycles. The summed E-state index contributed by atoms with van der Waals surface area (Å²) < 4.78 is 0. The number of aromatic nitrogens is 1. The van der Waals surface area contributed by atoms with Crippen molar-refractivity contribution in [2.75, 3.05) is 36.4 Å². The van der Waals surface area contributed by atoms with Crippen LogP contribution in [0.4, 0.5) is 15.6 Å². The van der Waals surface area contributed by atoms with Crippen molar-refractivity contribution < 1.29 is 9.59 Å². The second-order valence-electron chi connectivity index (χ2n) is 6.92. The number of nitrogens with one attached hydrogen (secondary N) is 1. The van der Waals surface area contributed by atoms with Crippen LogP contribution >= 0.6 is 11.3 Å². The van der Waals surface area contributed by atoms with Gasteiger partial charge in [0, 0.05) is 48.4 Å². The largest absolute Gasteiger partial charge is 0.345 e. The molecule has 4 rings (SSSR count). The first-order valence-electron chi connectivity index (χ1n) is 9.53. The van der Waals surface area contributed by atoms with E-state index in [-0.39, 0.29) is 11.8 Å². The third kappa shape index (κ3) is 4.46. The fourth-order valence-electron chi connectivity index (χ4n) is 3.27. The van der Waals surface area contributed by atoms with E-state index in [2.05, 4.69) is 27.7 Å². The second kappa shape index (κ2) is 8.45. The van der Waals surface area contributed by atoms with E-state index in [4.69, 9.17) is 4.98 Å². The zero-order chi connectivity index (χ0) is 20.2. The summed E-state index contributed by atoms with van der Waals surface area (Å²) in [5.41, 5.74) is 3.32. The average molecular weight is 407 g/mol. The number of ketones is 1. The van der Waals surface area contributed by atoms with Crippen molar-refractivity contribution in [3.63, 3.8) is 0 Å². The predicted molar refractivity (Wildman–Crippen MR) is 117 cm³/mol. The maximum Gasteiger partial charge on any atom is 0.321 e. The third-order valence-electron chi connectivity index (χ3n) is 4.92. The first kappa shape index (κ1) is 19.1. The predicted octanol–water partition coefficient (Wildman–Crippen LogP) is 4.37. The van der Waals surface area contributed by atoms with Gasteiger partial charge >= 0.3 is 6.03 Å². The van der Waals surface area contributed by atoms with Gasteiger partial charge in [-0.25, -0.2) is 9.78 Å². The quantitative estimate of drug-likeness (QED) is 0.654. The number of anilines is 2. The van der Waals surface area contributed by atoms with Gasteiger partial charge in [0.2, 0.25) is 0 Å². The molecule has 0 aliphatic carbocycles. The number of hydrogen-bond donors (Lipinski definition) is 1. The van der Waals surface area contributed by atoms with Crippen molar-refractivity contribution in [3.8, 4) is 11.3 Å². The number of hydrogen-bond acceptors (Lipinski definition) is 5. The molecule has 0 unspecified atom stereocenters. The lowest BCUT2D eigenvalue weighted by Crippen LogP contribution is -2.50. The van der Waals surface area contributed by atoms with Gasteiger partial charge in [-0.1, -0.05) is 42.5 Å². The van der Waals surface area contributed by atoms with Gasteiger partial charge in [0.1, 0.15) is 0 Å². The smallest absolute Gasteiger partial charge is 0.321 e. The molecule has 29 heavy (non-hydrogen) atoms. The standard InChI is InChI=1S/C22H22N4O2S/c1-16(27)18-8-5-9-19(14-18)23-21(28)25-10-12-26(13-11-25)22-24-20(15-29-22)17-6-3-2-4-7-17/h2-9,14-15H,10-13H2,1H3,(H,23,28). The van der Waals surface area contributed by atoms with Crippen LogP contribution in [0.1, 0.15) is 17.3 Å². The molecule has 1 aliphatic rings. The highest BCUT2D eigenvalue weighted by Gasteiger charge is 2.23. The minimum Gasteiger partial charge on any atom is -0.345 e. The molecule has 3 aromatic rings. The van der Waals surface area contributed by atoms with Crippen molar-refractivity contribution in [3.05, 3.63) is 65.5 Å². The molecular weight excluding hydrogens is 384 g/mol. The molecule has 0 radical (unpaired) electrons. The fraction of sp³-hybridized carbons (Fsp3) is 0.227. The number of urea groups is 1. The normalized spacial score (nSPS) is 14.0. The van der Waals surface area contributed by atoms with Crippen LogP contribution in [-0.2, 0) is 0 Å². The van der Waals surface area contributed by atoms with E-state index in [1.165, 1.54) is 6.92 Å². The van der Waals surface area contributed by atoms with Crippen LogP contribution in [0.2, 0.25) is 0 Å². The summed E-state index contributed by atoms with van der Waals surface area (Å²) in [6, 6.07) is 17.0. The number of piperazine rings is 1. The Morgan fingerprint density at radius 1 is 1.00 bits per heavy atom. The molecule has 1 fully saturated rings. The zero-order valence-electron chi connectivity index (χ0n) is 16.2. The van der Waals surface area contributed by atoms with E-state index in [9.17, 15) is 9.59 Å². The first-order chi connectivity index (χ1) is 14.1. The Hall–Kier alpha value is -3.19. The SMILES string of the molecule is CC(=O)c1cccc(NC(=O)N2CCN(c3nc(-c4ccccc4)cs3)CC2)c1. The fourth-order valence-corrected chi connectivity index (χ4v) is 4.16. The molecule has 2 aromatic carbocycles. The van der Waals surface area contributed by atoms with Gasteiger partial charge in [-0.3, -0.25) is 4.79 Å². The van der Waals surface area contributed by atoms with Crippen molar-refractivity contribution in [1.29, 1.82) is 0 Å². The van der Waals surface area contributed by atoms with Gasteiger partial charge < -0.3 is 15.1 Å². The summed E-state index contributed by atoms with van der Waals surface area (Å²) in [6.45, 7) is 4.24. The van der Waals surface area contributed by atoms with Gasteiger partial charge in [-0.05, 0) is 19.1 Å². The average Bonchev–Trinajstić information content (AvgIpc) is 3.25. The van der Waals surface area contributed by atoms with Gasteiger partial charge in [-0.2, -0.15) is 0 Å².